The molecule has 3 rings (SSSR count). The number of benzene rings is 2. The first-order valence-corrected chi connectivity index (χ1v) is 7.91. The van der Waals surface area contributed by atoms with Gasteiger partial charge in [-0.15, -0.1) is 0 Å². The minimum Gasteiger partial charge on any atom is -0.497 e. The monoisotopic (exact) mass is 317 g/mol. The number of imidazole rings is 1. The Morgan fingerprint density at radius 3 is 2.29 bits per heavy atom. The van der Waals surface area contributed by atoms with Crippen molar-refractivity contribution in [3.05, 3.63) is 83.4 Å². The van der Waals surface area contributed by atoms with Crippen molar-refractivity contribution in [1.29, 1.82) is 5.26 Å². The first-order valence-electron chi connectivity index (χ1n) is 7.91. The third kappa shape index (κ3) is 3.64. The molecule has 0 amide bonds. The number of nitrogens with zero attached hydrogens (tertiary/aromatic N) is 2. The number of hydrogen-bond donors (Lipinski definition) is 1. The summed E-state index contributed by atoms with van der Waals surface area (Å²) >= 11 is 0. The van der Waals surface area contributed by atoms with Gasteiger partial charge in [0.2, 0.25) is 0 Å². The largest absolute Gasteiger partial charge is 0.497 e. The van der Waals surface area contributed by atoms with Crippen LogP contribution in [0.5, 0.6) is 5.75 Å². The summed E-state index contributed by atoms with van der Waals surface area (Å²) in [6, 6.07) is 18.2. The van der Waals surface area contributed by atoms with E-state index in [1.807, 2.05) is 42.6 Å². The van der Waals surface area contributed by atoms with E-state index in [2.05, 4.69) is 28.2 Å². The predicted octanol–water partition coefficient (Wildman–Crippen LogP) is 4.05. The normalized spacial score (nSPS) is 11.7. The van der Waals surface area contributed by atoms with Crippen LogP contribution in [0, 0.1) is 11.3 Å². The van der Waals surface area contributed by atoms with Gasteiger partial charge in [0.1, 0.15) is 5.75 Å². The van der Waals surface area contributed by atoms with Crippen LogP contribution >= 0.6 is 0 Å². The molecule has 120 valence electrons. The Morgan fingerprint density at radius 1 is 1.08 bits per heavy atom. The first kappa shape index (κ1) is 15.8. The molecule has 0 aliphatic rings. The summed E-state index contributed by atoms with van der Waals surface area (Å²) in [6.45, 7) is 0. The second-order valence-corrected chi connectivity index (χ2v) is 5.68. The SMILES string of the molecule is COc1ccc(C(CCc2cnc[nH]2)c2ccc(C#N)cc2)cc1. The van der Waals surface area contributed by atoms with Gasteiger partial charge in [0.05, 0.1) is 25.1 Å². The van der Waals surface area contributed by atoms with Crippen molar-refractivity contribution >= 4 is 0 Å². The number of hydrogen-bond acceptors (Lipinski definition) is 3. The van der Waals surface area contributed by atoms with Gasteiger partial charge in [-0.25, -0.2) is 4.98 Å². The van der Waals surface area contributed by atoms with Gasteiger partial charge in [0.15, 0.2) is 0 Å². The lowest BCUT2D eigenvalue weighted by Gasteiger charge is -2.18. The molecule has 0 saturated heterocycles. The number of methoxy groups -OCH3 is 1. The van der Waals surface area contributed by atoms with E-state index >= 15 is 0 Å². The van der Waals surface area contributed by atoms with Crippen molar-refractivity contribution in [2.24, 2.45) is 0 Å². The van der Waals surface area contributed by atoms with Crippen LogP contribution in [0.1, 0.15) is 34.7 Å². The number of aromatic nitrogens is 2. The molecule has 4 heteroatoms. The van der Waals surface area contributed by atoms with Gasteiger partial charge < -0.3 is 9.72 Å². The minimum absolute atomic E-state index is 0.256. The lowest BCUT2D eigenvalue weighted by Crippen LogP contribution is -2.04. The molecule has 1 N–H and O–H groups in total. The summed E-state index contributed by atoms with van der Waals surface area (Å²) in [6.07, 6.45) is 5.44. The number of aryl methyl sites for hydroxylation is 1. The number of H-pyrrole nitrogens is 1. The van der Waals surface area contributed by atoms with Gasteiger partial charge in [0.25, 0.3) is 0 Å². The van der Waals surface area contributed by atoms with Crippen LogP contribution in [-0.4, -0.2) is 17.1 Å². The number of rotatable bonds is 6. The quantitative estimate of drug-likeness (QED) is 0.746. The van der Waals surface area contributed by atoms with Crippen LogP contribution in [0.25, 0.3) is 0 Å². The topological polar surface area (TPSA) is 61.7 Å². The molecule has 1 unspecified atom stereocenters. The highest BCUT2D eigenvalue weighted by atomic mass is 16.5. The standard InChI is InChI=1S/C20H19N3O/c1-24-19-9-6-17(7-10-19)20(11-8-18-13-22-14-23-18)16-4-2-15(12-21)3-5-16/h2-7,9-10,13-14,20H,8,11H2,1H3,(H,22,23). The third-order valence-corrected chi connectivity index (χ3v) is 4.22. The van der Waals surface area contributed by atoms with E-state index in [0.717, 1.165) is 24.3 Å². The number of aromatic amines is 1. The summed E-state index contributed by atoms with van der Waals surface area (Å²) in [5, 5.41) is 9.00. The molecule has 0 saturated carbocycles. The van der Waals surface area contributed by atoms with Crippen molar-refractivity contribution in [3.63, 3.8) is 0 Å². The maximum absolute atomic E-state index is 9.00. The molecule has 0 fully saturated rings. The lowest BCUT2D eigenvalue weighted by atomic mass is 9.86. The summed E-state index contributed by atoms with van der Waals surface area (Å²) in [7, 11) is 1.67. The molecule has 0 aliphatic heterocycles. The molecule has 1 heterocycles. The Balaban J connectivity index is 1.87. The highest BCUT2D eigenvalue weighted by Crippen LogP contribution is 2.30. The zero-order valence-corrected chi connectivity index (χ0v) is 13.6. The summed E-state index contributed by atoms with van der Waals surface area (Å²) in [5.41, 5.74) is 4.25. The second-order valence-electron chi connectivity index (χ2n) is 5.68. The predicted molar refractivity (Wildman–Crippen MR) is 92.9 cm³/mol. The molecule has 1 atom stereocenters. The van der Waals surface area contributed by atoms with Crippen molar-refractivity contribution < 1.29 is 4.74 Å². The number of nitriles is 1. The second kappa shape index (κ2) is 7.47. The van der Waals surface area contributed by atoms with Crippen LogP contribution in [-0.2, 0) is 6.42 Å². The molecule has 0 radical (unpaired) electrons. The Morgan fingerprint density at radius 2 is 1.75 bits per heavy atom. The van der Waals surface area contributed by atoms with Crippen molar-refractivity contribution in [2.45, 2.75) is 18.8 Å². The number of nitrogens with one attached hydrogen (secondary N) is 1. The van der Waals surface area contributed by atoms with Crippen LogP contribution < -0.4 is 4.74 Å². The summed E-state index contributed by atoms with van der Waals surface area (Å²) in [4.78, 5) is 7.24. The fourth-order valence-corrected chi connectivity index (χ4v) is 2.87. The molecular weight excluding hydrogens is 298 g/mol. The zero-order valence-electron chi connectivity index (χ0n) is 13.6. The van der Waals surface area contributed by atoms with Gasteiger partial charge >= 0.3 is 0 Å². The molecule has 0 aliphatic carbocycles. The third-order valence-electron chi connectivity index (χ3n) is 4.22. The molecule has 0 bridgehead atoms. The molecule has 24 heavy (non-hydrogen) atoms. The van der Waals surface area contributed by atoms with E-state index < -0.39 is 0 Å². The fourth-order valence-electron chi connectivity index (χ4n) is 2.87. The van der Waals surface area contributed by atoms with Crippen LogP contribution in [0.15, 0.2) is 61.1 Å². The van der Waals surface area contributed by atoms with Gasteiger partial charge in [-0.05, 0) is 48.2 Å². The Bertz CT molecular complexity index is 800. The average molecular weight is 317 g/mol. The van der Waals surface area contributed by atoms with E-state index in [4.69, 9.17) is 10.00 Å². The average Bonchev–Trinajstić information content (AvgIpc) is 3.16. The van der Waals surface area contributed by atoms with Crippen molar-refractivity contribution in [2.75, 3.05) is 7.11 Å². The summed E-state index contributed by atoms with van der Waals surface area (Å²) in [5.74, 6) is 1.11. The molecule has 4 nitrogen and oxygen atoms in total. The van der Waals surface area contributed by atoms with Crippen LogP contribution in [0.4, 0.5) is 0 Å². The van der Waals surface area contributed by atoms with Crippen LogP contribution in [0.3, 0.4) is 0 Å². The molecule has 3 aromatic rings. The first-order chi connectivity index (χ1) is 11.8. The van der Waals surface area contributed by atoms with Crippen molar-refractivity contribution in [3.8, 4) is 11.8 Å². The fraction of sp³-hybridized carbons (Fsp3) is 0.200. The van der Waals surface area contributed by atoms with E-state index in [1.54, 1.807) is 13.4 Å². The zero-order chi connectivity index (χ0) is 16.8. The van der Waals surface area contributed by atoms with Gasteiger partial charge in [-0.2, -0.15) is 5.26 Å². The smallest absolute Gasteiger partial charge is 0.118 e. The molecule has 0 spiro atoms. The molecular formula is C20H19N3O. The van der Waals surface area contributed by atoms with Gasteiger partial charge in [0, 0.05) is 17.8 Å². The maximum atomic E-state index is 9.00. The highest BCUT2D eigenvalue weighted by molar-refractivity contribution is 5.39. The Labute approximate surface area is 141 Å². The number of ether oxygens (including phenoxy) is 1. The Hall–Kier alpha value is -3.06. The van der Waals surface area contributed by atoms with E-state index in [0.29, 0.717) is 5.56 Å². The maximum Gasteiger partial charge on any atom is 0.118 e. The lowest BCUT2D eigenvalue weighted by molar-refractivity contribution is 0.414. The van der Waals surface area contributed by atoms with E-state index in [9.17, 15) is 0 Å². The van der Waals surface area contributed by atoms with Gasteiger partial charge in [-0.1, -0.05) is 24.3 Å². The van der Waals surface area contributed by atoms with Gasteiger partial charge in [-0.3, -0.25) is 0 Å². The minimum atomic E-state index is 0.256. The van der Waals surface area contributed by atoms with Crippen LogP contribution in [0.2, 0.25) is 0 Å². The van der Waals surface area contributed by atoms with E-state index in [-0.39, 0.29) is 5.92 Å². The summed E-state index contributed by atoms with van der Waals surface area (Å²) < 4.78 is 5.25. The van der Waals surface area contributed by atoms with Crippen molar-refractivity contribution in [1.82, 2.24) is 9.97 Å². The highest BCUT2D eigenvalue weighted by Gasteiger charge is 2.15. The Kier molecular flexibility index (Phi) is 4.93. The molecule has 1 aromatic heterocycles. The van der Waals surface area contributed by atoms with E-state index in [1.165, 1.54) is 11.1 Å². The molecule has 2 aromatic carbocycles.